The molecule has 1 amide bonds. The van der Waals surface area contributed by atoms with Crippen LogP contribution in [0.5, 0.6) is 0 Å². The van der Waals surface area contributed by atoms with Crippen LogP contribution < -0.4 is 10.6 Å². The second kappa shape index (κ2) is 10.2. The molecule has 2 atom stereocenters. The fourth-order valence-electron chi connectivity index (χ4n) is 5.18. The zero-order valence-electron chi connectivity index (χ0n) is 20.2. The third-order valence-corrected chi connectivity index (χ3v) is 7.66. The molecule has 2 N–H and O–H groups in total. The van der Waals surface area contributed by atoms with E-state index < -0.39 is 17.6 Å². The van der Waals surface area contributed by atoms with Crippen molar-refractivity contribution >= 4 is 29.1 Å². The highest BCUT2D eigenvalue weighted by Crippen LogP contribution is 2.45. The number of Topliss-reactive ketones (excluding diaryl/α,β-unsaturated/α-hetero) is 1. The summed E-state index contributed by atoms with van der Waals surface area (Å²) in [6.45, 7) is 1.85. The third kappa shape index (κ3) is 4.61. The smallest absolute Gasteiger partial charge is 0.254 e. The summed E-state index contributed by atoms with van der Waals surface area (Å²) in [4.78, 5) is 28.4. The molecule has 4 nitrogen and oxygen atoms in total. The number of halogens is 1. The van der Waals surface area contributed by atoms with E-state index >= 15 is 0 Å². The van der Waals surface area contributed by atoms with Gasteiger partial charge in [0.05, 0.1) is 5.69 Å². The summed E-state index contributed by atoms with van der Waals surface area (Å²) in [6.07, 6.45) is 3.07. The lowest BCUT2D eigenvalue weighted by Crippen LogP contribution is -2.37. The van der Waals surface area contributed by atoms with E-state index in [1.165, 1.54) is 12.1 Å². The number of carbonyl (C=O) groups excluding carboxylic acids is 2. The normalized spacial score (nSPS) is 19.6. The average molecular weight is 499 g/mol. The van der Waals surface area contributed by atoms with Gasteiger partial charge in [0.15, 0.2) is 5.78 Å². The Labute approximate surface area is 214 Å². The van der Waals surface area contributed by atoms with Gasteiger partial charge in [0.25, 0.3) is 5.91 Å². The molecule has 1 aliphatic carbocycles. The molecule has 36 heavy (non-hydrogen) atoms. The summed E-state index contributed by atoms with van der Waals surface area (Å²) in [5, 5.41) is 6.11. The fraction of sp³-hybridized carbons (Fsp3) is 0.200. The summed E-state index contributed by atoms with van der Waals surface area (Å²) in [5.74, 6) is -1.36. The Kier molecular flexibility index (Phi) is 6.79. The third-order valence-electron chi connectivity index (χ3n) is 6.91. The second-order valence-corrected chi connectivity index (χ2v) is 10.0. The molecule has 0 radical (unpaired) electrons. The second-order valence-electron chi connectivity index (χ2n) is 9.14. The van der Waals surface area contributed by atoms with Crippen molar-refractivity contribution in [1.29, 1.82) is 0 Å². The van der Waals surface area contributed by atoms with Crippen molar-refractivity contribution in [3.05, 3.63) is 118 Å². The number of thioether (sulfide) groups is 1. The van der Waals surface area contributed by atoms with E-state index in [9.17, 15) is 14.0 Å². The van der Waals surface area contributed by atoms with Crippen molar-refractivity contribution in [3.63, 3.8) is 0 Å². The van der Waals surface area contributed by atoms with Crippen LogP contribution in [0.25, 0.3) is 0 Å². The molecule has 182 valence electrons. The zero-order valence-corrected chi connectivity index (χ0v) is 21.0. The van der Waals surface area contributed by atoms with Gasteiger partial charge >= 0.3 is 0 Å². The molecule has 5 rings (SSSR count). The van der Waals surface area contributed by atoms with Crippen molar-refractivity contribution < 1.29 is 14.0 Å². The molecule has 0 fully saturated rings. The summed E-state index contributed by atoms with van der Waals surface area (Å²) < 4.78 is 14.3. The molecular formula is C30H27FN2O2S. The number of benzene rings is 3. The van der Waals surface area contributed by atoms with Gasteiger partial charge < -0.3 is 10.6 Å². The fourth-order valence-corrected chi connectivity index (χ4v) is 5.59. The molecule has 0 aromatic heterocycles. The molecule has 2 unspecified atom stereocenters. The standard InChI is InChI=1S/C30H27FN2O2S/c1-18-27(30(35)33-24-11-7-6-10-23(24)31)28(20-12-14-22(36-2)15-13-20)29-25(32-18)16-21(17-26(29)34)19-8-4-3-5-9-19/h3-15,21,28,32H,16-17H2,1-2H3,(H,33,35). The van der Waals surface area contributed by atoms with Gasteiger partial charge in [-0.15, -0.1) is 11.8 Å². The lowest BCUT2D eigenvalue weighted by atomic mass is 9.71. The van der Waals surface area contributed by atoms with E-state index in [-0.39, 0.29) is 17.4 Å². The summed E-state index contributed by atoms with van der Waals surface area (Å²) in [7, 11) is 0. The first-order chi connectivity index (χ1) is 17.5. The quantitative estimate of drug-likeness (QED) is 0.392. The maximum Gasteiger partial charge on any atom is 0.254 e. The summed E-state index contributed by atoms with van der Waals surface area (Å²) in [5.41, 5.74) is 4.69. The molecule has 1 aliphatic heterocycles. The predicted octanol–water partition coefficient (Wildman–Crippen LogP) is 6.55. The number of rotatable bonds is 5. The minimum Gasteiger partial charge on any atom is -0.362 e. The van der Waals surface area contributed by atoms with Crippen molar-refractivity contribution in [1.82, 2.24) is 5.32 Å². The molecule has 3 aromatic carbocycles. The highest BCUT2D eigenvalue weighted by Gasteiger charge is 2.41. The van der Waals surface area contributed by atoms with E-state index in [1.54, 1.807) is 23.9 Å². The van der Waals surface area contributed by atoms with Gasteiger partial charge in [-0.05, 0) is 60.9 Å². The molecule has 0 spiro atoms. The molecule has 6 heteroatoms. The van der Waals surface area contributed by atoms with Crippen LogP contribution in [-0.2, 0) is 9.59 Å². The monoisotopic (exact) mass is 498 g/mol. The Morgan fingerprint density at radius 1 is 0.944 bits per heavy atom. The Balaban J connectivity index is 1.57. The number of hydrogen-bond donors (Lipinski definition) is 2. The van der Waals surface area contributed by atoms with Crippen molar-refractivity contribution in [2.75, 3.05) is 11.6 Å². The predicted molar refractivity (Wildman–Crippen MR) is 142 cm³/mol. The number of amides is 1. The van der Waals surface area contributed by atoms with E-state index in [2.05, 4.69) is 22.8 Å². The van der Waals surface area contributed by atoms with E-state index in [0.717, 1.165) is 21.7 Å². The van der Waals surface area contributed by atoms with Crippen LogP contribution in [0.3, 0.4) is 0 Å². The molecule has 0 bridgehead atoms. The van der Waals surface area contributed by atoms with Crippen LogP contribution in [0.2, 0.25) is 0 Å². The van der Waals surface area contributed by atoms with E-state index in [0.29, 0.717) is 29.7 Å². The van der Waals surface area contributed by atoms with Gasteiger partial charge in [0.1, 0.15) is 5.82 Å². The molecule has 0 saturated heterocycles. The highest BCUT2D eigenvalue weighted by molar-refractivity contribution is 7.98. The highest BCUT2D eigenvalue weighted by atomic mass is 32.2. The molecule has 2 aliphatic rings. The minimum atomic E-state index is -0.534. The first-order valence-corrected chi connectivity index (χ1v) is 13.2. The van der Waals surface area contributed by atoms with Crippen LogP contribution >= 0.6 is 11.8 Å². The van der Waals surface area contributed by atoms with Gasteiger partial charge in [0.2, 0.25) is 0 Å². The average Bonchev–Trinajstić information content (AvgIpc) is 2.89. The Morgan fingerprint density at radius 2 is 1.64 bits per heavy atom. The van der Waals surface area contributed by atoms with Gasteiger partial charge in [-0.3, -0.25) is 9.59 Å². The van der Waals surface area contributed by atoms with Gasteiger partial charge in [-0.1, -0.05) is 54.6 Å². The van der Waals surface area contributed by atoms with Crippen LogP contribution in [0.15, 0.2) is 106 Å². The number of anilines is 1. The lowest BCUT2D eigenvalue weighted by molar-refractivity contribution is -0.116. The lowest BCUT2D eigenvalue weighted by Gasteiger charge is -2.37. The first-order valence-electron chi connectivity index (χ1n) is 11.9. The molecular weight excluding hydrogens is 471 g/mol. The zero-order chi connectivity index (χ0) is 25.2. The number of hydrogen-bond acceptors (Lipinski definition) is 4. The first kappa shape index (κ1) is 24.1. The SMILES string of the molecule is CSc1ccc(C2C(C(=O)Nc3ccccc3F)=C(C)NC3=C2C(=O)CC(c2ccccc2)C3)cc1. The van der Waals surface area contributed by atoms with Crippen LogP contribution in [0, 0.1) is 5.82 Å². The number of ketones is 1. The Morgan fingerprint density at radius 3 is 2.33 bits per heavy atom. The van der Waals surface area contributed by atoms with Crippen molar-refractivity contribution in [3.8, 4) is 0 Å². The number of para-hydroxylation sites is 1. The van der Waals surface area contributed by atoms with Gasteiger partial charge in [-0.2, -0.15) is 0 Å². The summed E-state index contributed by atoms with van der Waals surface area (Å²) >= 11 is 1.63. The Bertz CT molecular complexity index is 1380. The van der Waals surface area contributed by atoms with Crippen LogP contribution in [0.4, 0.5) is 10.1 Å². The van der Waals surface area contributed by atoms with Crippen molar-refractivity contribution in [2.24, 2.45) is 0 Å². The number of nitrogens with one attached hydrogen (secondary N) is 2. The minimum absolute atomic E-state index is 0.0280. The topological polar surface area (TPSA) is 58.2 Å². The van der Waals surface area contributed by atoms with Crippen LogP contribution in [-0.4, -0.2) is 17.9 Å². The number of dihydropyridines is 1. The van der Waals surface area contributed by atoms with Crippen LogP contribution in [0.1, 0.15) is 42.7 Å². The van der Waals surface area contributed by atoms with Gasteiger partial charge in [0, 0.05) is 39.8 Å². The van der Waals surface area contributed by atoms with Gasteiger partial charge in [-0.25, -0.2) is 4.39 Å². The van der Waals surface area contributed by atoms with Crippen molar-refractivity contribution in [2.45, 2.75) is 36.5 Å². The maximum atomic E-state index is 14.3. The molecule has 3 aromatic rings. The Hall–Kier alpha value is -3.64. The number of carbonyl (C=O) groups is 2. The number of allylic oxidation sites excluding steroid dienone is 3. The molecule has 0 saturated carbocycles. The maximum absolute atomic E-state index is 14.3. The molecule has 1 heterocycles. The largest absolute Gasteiger partial charge is 0.362 e. The summed E-state index contributed by atoms with van der Waals surface area (Å²) in [6, 6.07) is 24.1. The van der Waals surface area contributed by atoms with E-state index in [4.69, 9.17) is 0 Å². The van der Waals surface area contributed by atoms with E-state index in [1.807, 2.05) is 55.6 Å².